The number of carbonyl (C=O) groups is 1. The molecule has 0 radical (unpaired) electrons. The van der Waals surface area contributed by atoms with Crippen LogP contribution in [-0.4, -0.2) is 17.9 Å². The van der Waals surface area contributed by atoms with Gasteiger partial charge in [-0.15, -0.1) is 0 Å². The van der Waals surface area contributed by atoms with Crippen LogP contribution < -0.4 is 5.32 Å². The molecule has 0 saturated carbocycles. The van der Waals surface area contributed by atoms with Crippen LogP contribution in [0.15, 0.2) is 18.2 Å². The Kier molecular flexibility index (Phi) is 3.84. The van der Waals surface area contributed by atoms with Gasteiger partial charge in [-0.2, -0.15) is 0 Å². The van der Waals surface area contributed by atoms with Crippen LogP contribution in [0, 0.1) is 5.92 Å². The van der Waals surface area contributed by atoms with E-state index in [0.29, 0.717) is 40.0 Å². The Bertz CT molecular complexity index is 471. The molecule has 2 nitrogen and oxygen atoms in total. The van der Waals surface area contributed by atoms with Gasteiger partial charge in [0.25, 0.3) is 0 Å². The first kappa shape index (κ1) is 13.4. The standard InChI is InChI=1S/C15H17Cl2NO/c16-11-6-10(7-12(17)8-11)15(19)5-9-3-13-1-2-14(4-9)18-13/h6-9,13-14,18H,1-5H2. The predicted molar refractivity (Wildman–Crippen MR) is 78.1 cm³/mol. The predicted octanol–water partition coefficient (Wildman–Crippen LogP) is 4.10. The van der Waals surface area contributed by atoms with E-state index in [4.69, 9.17) is 23.2 Å². The maximum atomic E-state index is 12.3. The number of fused-ring (bicyclic) bond motifs is 2. The molecule has 102 valence electrons. The van der Waals surface area contributed by atoms with Crippen molar-refractivity contribution in [2.24, 2.45) is 5.92 Å². The lowest BCUT2D eigenvalue weighted by molar-refractivity contribution is 0.0945. The SMILES string of the molecule is O=C(CC1CC2CCC(C1)N2)c1cc(Cl)cc(Cl)c1. The molecule has 2 aliphatic heterocycles. The number of benzene rings is 1. The summed E-state index contributed by atoms with van der Waals surface area (Å²) in [7, 11) is 0. The molecule has 2 saturated heterocycles. The number of nitrogens with one attached hydrogen (secondary N) is 1. The molecule has 19 heavy (non-hydrogen) atoms. The van der Waals surface area contributed by atoms with E-state index >= 15 is 0 Å². The Morgan fingerprint density at radius 3 is 2.26 bits per heavy atom. The zero-order valence-corrected chi connectivity index (χ0v) is 12.2. The monoisotopic (exact) mass is 297 g/mol. The minimum Gasteiger partial charge on any atom is -0.311 e. The molecule has 0 spiro atoms. The van der Waals surface area contributed by atoms with Gasteiger partial charge >= 0.3 is 0 Å². The third-order valence-electron chi connectivity index (χ3n) is 4.23. The Morgan fingerprint density at radius 1 is 1.11 bits per heavy atom. The van der Waals surface area contributed by atoms with E-state index in [2.05, 4.69) is 5.32 Å². The summed E-state index contributed by atoms with van der Waals surface area (Å²) in [6.07, 6.45) is 5.38. The average molecular weight is 298 g/mol. The van der Waals surface area contributed by atoms with Gasteiger partial charge in [-0.05, 0) is 49.8 Å². The largest absolute Gasteiger partial charge is 0.311 e. The summed E-state index contributed by atoms with van der Waals surface area (Å²) in [6.45, 7) is 0. The molecule has 2 bridgehead atoms. The van der Waals surface area contributed by atoms with E-state index in [1.807, 2.05) is 0 Å². The molecule has 3 rings (SSSR count). The maximum Gasteiger partial charge on any atom is 0.163 e. The Morgan fingerprint density at radius 2 is 1.68 bits per heavy atom. The zero-order valence-electron chi connectivity index (χ0n) is 10.7. The third-order valence-corrected chi connectivity index (χ3v) is 4.67. The first-order valence-electron chi connectivity index (χ1n) is 6.85. The fourth-order valence-electron chi connectivity index (χ4n) is 3.44. The summed E-state index contributed by atoms with van der Waals surface area (Å²) in [5, 5.41) is 4.66. The molecule has 0 amide bonds. The van der Waals surface area contributed by atoms with E-state index in [-0.39, 0.29) is 5.78 Å². The second kappa shape index (κ2) is 5.43. The van der Waals surface area contributed by atoms with Gasteiger partial charge < -0.3 is 5.32 Å². The highest BCUT2D eigenvalue weighted by Crippen LogP contribution is 2.33. The Hall–Kier alpha value is -0.570. The molecule has 0 aliphatic carbocycles. The topological polar surface area (TPSA) is 29.1 Å². The summed E-state index contributed by atoms with van der Waals surface area (Å²) in [6, 6.07) is 6.33. The number of hydrogen-bond donors (Lipinski definition) is 1. The van der Waals surface area contributed by atoms with Crippen molar-refractivity contribution in [3.63, 3.8) is 0 Å². The maximum absolute atomic E-state index is 12.3. The van der Waals surface area contributed by atoms with Crippen molar-refractivity contribution in [3.8, 4) is 0 Å². The highest BCUT2D eigenvalue weighted by molar-refractivity contribution is 6.35. The second-order valence-corrected chi connectivity index (χ2v) is 6.63. The summed E-state index contributed by atoms with van der Waals surface area (Å²) in [5.74, 6) is 0.666. The molecule has 2 aliphatic rings. The van der Waals surface area contributed by atoms with Gasteiger partial charge in [0.2, 0.25) is 0 Å². The number of rotatable bonds is 3. The van der Waals surface area contributed by atoms with Gasteiger partial charge in [-0.1, -0.05) is 23.2 Å². The van der Waals surface area contributed by atoms with Gasteiger partial charge in [0.1, 0.15) is 0 Å². The lowest BCUT2D eigenvalue weighted by Gasteiger charge is -2.28. The molecule has 1 N–H and O–H groups in total. The Balaban J connectivity index is 1.67. The molecule has 1 aromatic carbocycles. The van der Waals surface area contributed by atoms with E-state index in [9.17, 15) is 4.79 Å². The first-order valence-corrected chi connectivity index (χ1v) is 7.61. The van der Waals surface area contributed by atoms with Crippen LogP contribution in [0.4, 0.5) is 0 Å². The van der Waals surface area contributed by atoms with E-state index < -0.39 is 0 Å². The number of hydrogen-bond acceptors (Lipinski definition) is 2. The van der Waals surface area contributed by atoms with Crippen LogP contribution in [0.5, 0.6) is 0 Å². The van der Waals surface area contributed by atoms with E-state index in [1.54, 1.807) is 18.2 Å². The summed E-state index contributed by atoms with van der Waals surface area (Å²) >= 11 is 11.9. The van der Waals surface area contributed by atoms with Crippen LogP contribution in [0.2, 0.25) is 10.0 Å². The van der Waals surface area contributed by atoms with Crippen molar-refractivity contribution in [1.82, 2.24) is 5.32 Å². The van der Waals surface area contributed by atoms with Gasteiger partial charge in [0, 0.05) is 34.1 Å². The van der Waals surface area contributed by atoms with Crippen molar-refractivity contribution in [2.75, 3.05) is 0 Å². The molecular formula is C15H17Cl2NO. The van der Waals surface area contributed by atoms with Gasteiger partial charge in [0.05, 0.1) is 0 Å². The fourth-order valence-corrected chi connectivity index (χ4v) is 3.96. The van der Waals surface area contributed by atoms with Crippen molar-refractivity contribution < 1.29 is 4.79 Å². The molecule has 2 atom stereocenters. The summed E-state index contributed by atoms with van der Waals surface area (Å²) < 4.78 is 0. The van der Waals surface area contributed by atoms with Crippen molar-refractivity contribution in [3.05, 3.63) is 33.8 Å². The summed E-state index contributed by atoms with van der Waals surface area (Å²) in [4.78, 5) is 12.3. The number of halogens is 2. The number of piperidine rings is 1. The van der Waals surface area contributed by atoms with Crippen molar-refractivity contribution in [2.45, 2.75) is 44.2 Å². The highest BCUT2D eigenvalue weighted by Gasteiger charge is 2.34. The van der Waals surface area contributed by atoms with Crippen LogP contribution in [0.1, 0.15) is 42.5 Å². The summed E-state index contributed by atoms with van der Waals surface area (Å²) in [5.41, 5.74) is 0.642. The van der Waals surface area contributed by atoms with Crippen molar-refractivity contribution in [1.29, 1.82) is 0 Å². The Labute approximate surface area is 123 Å². The van der Waals surface area contributed by atoms with E-state index in [0.717, 1.165) is 12.8 Å². The number of ketones is 1. The smallest absolute Gasteiger partial charge is 0.163 e. The van der Waals surface area contributed by atoms with Crippen LogP contribution in [0.3, 0.4) is 0 Å². The lowest BCUT2D eigenvalue weighted by atomic mass is 9.87. The van der Waals surface area contributed by atoms with Gasteiger partial charge in [-0.25, -0.2) is 0 Å². The molecule has 0 aromatic heterocycles. The third kappa shape index (κ3) is 3.13. The molecule has 2 heterocycles. The second-order valence-electron chi connectivity index (χ2n) is 5.76. The normalized spacial score (nSPS) is 29.5. The number of Topliss-reactive ketones (excluding diaryl/α,β-unsaturated/α-hetero) is 1. The van der Waals surface area contributed by atoms with Crippen LogP contribution in [0.25, 0.3) is 0 Å². The van der Waals surface area contributed by atoms with Crippen LogP contribution >= 0.6 is 23.2 Å². The number of carbonyl (C=O) groups excluding carboxylic acids is 1. The fraction of sp³-hybridized carbons (Fsp3) is 0.533. The molecule has 4 heteroatoms. The zero-order chi connectivity index (χ0) is 13.4. The quantitative estimate of drug-likeness (QED) is 0.851. The average Bonchev–Trinajstić information content (AvgIpc) is 2.67. The van der Waals surface area contributed by atoms with Crippen molar-refractivity contribution >= 4 is 29.0 Å². The first-order chi connectivity index (χ1) is 9.10. The lowest BCUT2D eigenvalue weighted by Crippen LogP contribution is -2.38. The minimum atomic E-state index is 0.163. The van der Waals surface area contributed by atoms with Gasteiger partial charge in [-0.3, -0.25) is 4.79 Å². The molecule has 2 fully saturated rings. The van der Waals surface area contributed by atoms with Gasteiger partial charge in [0.15, 0.2) is 5.78 Å². The highest BCUT2D eigenvalue weighted by atomic mass is 35.5. The molecule has 2 unspecified atom stereocenters. The van der Waals surface area contributed by atoms with E-state index in [1.165, 1.54) is 12.8 Å². The van der Waals surface area contributed by atoms with Crippen LogP contribution in [-0.2, 0) is 0 Å². The molecular weight excluding hydrogens is 281 g/mol. The molecule has 1 aromatic rings. The minimum absolute atomic E-state index is 0.163.